The van der Waals surface area contributed by atoms with E-state index in [-0.39, 0.29) is 18.6 Å². The number of nitrogens with zero attached hydrogens (tertiary/aromatic N) is 3. The Balaban J connectivity index is 1.30. The highest BCUT2D eigenvalue weighted by Crippen LogP contribution is 2.34. The monoisotopic (exact) mass is 387 g/mol. The number of aromatic nitrogens is 4. The van der Waals surface area contributed by atoms with Gasteiger partial charge in [0, 0.05) is 16.6 Å². The van der Waals surface area contributed by atoms with Gasteiger partial charge in [-0.25, -0.2) is 0 Å². The van der Waals surface area contributed by atoms with E-state index in [0.717, 1.165) is 36.2 Å². The summed E-state index contributed by atoms with van der Waals surface area (Å²) in [6.07, 6.45) is 6.21. The van der Waals surface area contributed by atoms with E-state index in [9.17, 15) is 4.79 Å². The fraction of sp³-hybridized carbons (Fsp3) is 0.227. The normalized spacial score (nSPS) is 15.8. The van der Waals surface area contributed by atoms with Crippen LogP contribution >= 0.6 is 0 Å². The minimum Gasteiger partial charge on any atom is -0.482 e. The second-order valence-corrected chi connectivity index (χ2v) is 7.20. The number of carbonyl (C=O) groups excluding carboxylic acids is 1. The lowest BCUT2D eigenvalue weighted by atomic mass is 9.91. The molecule has 0 radical (unpaired) electrons. The number of hydrogen-bond donors (Lipinski definition) is 2. The third kappa shape index (κ3) is 3.35. The average molecular weight is 387 g/mol. The summed E-state index contributed by atoms with van der Waals surface area (Å²) in [5.41, 5.74) is 4.35. The van der Waals surface area contributed by atoms with Gasteiger partial charge in [0.15, 0.2) is 6.61 Å². The molecule has 4 aromatic rings. The van der Waals surface area contributed by atoms with Gasteiger partial charge in [0.2, 0.25) is 0 Å². The summed E-state index contributed by atoms with van der Waals surface area (Å²) in [7, 11) is 0. The van der Waals surface area contributed by atoms with Gasteiger partial charge in [-0.2, -0.15) is 0 Å². The van der Waals surface area contributed by atoms with Crippen LogP contribution in [0.25, 0.3) is 16.6 Å². The van der Waals surface area contributed by atoms with Gasteiger partial charge in [0.25, 0.3) is 5.91 Å². The topological polar surface area (TPSA) is 84.8 Å². The van der Waals surface area contributed by atoms with Crippen LogP contribution in [0.3, 0.4) is 0 Å². The Hall–Kier alpha value is -3.61. The van der Waals surface area contributed by atoms with Crippen LogP contribution < -0.4 is 10.1 Å². The Morgan fingerprint density at radius 3 is 2.83 bits per heavy atom. The van der Waals surface area contributed by atoms with Crippen LogP contribution in [0.2, 0.25) is 0 Å². The summed E-state index contributed by atoms with van der Waals surface area (Å²) in [6.45, 7) is -0.0504. The van der Waals surface area contributed by atoms with Crippen LogP contribution in [0.15, 0.2) is 61.2 Å². The van der Waals surface area contributed by atoms with Gasteiger partial charge >= 0.3 is 0 Å². The third-order valence-corrected chi connectivity index (χ3v) is 5.37. The van der Waals surface area contributed by atoms with E-state index in [4.69, 9.17) is 4.74 Å². The minimum absolute atomic E-state index is 0.0182. The highest BCUT2D eigenvalue weighted by atomic mass is 16.5. The fourth-order valence-electron chi connectivity index (χ4n) is 4.06. The number of rotatable bonds is 5. The summed E-state index contributed by atoms with van der Waals surface area (Å²) in [6, 6.07) is 15.8. The summed E-state index contributed by atoms with van der Waals surface area (Å²) in [5, 5.41) is 12.0. The molecule has 0 spiro atoms. The molecule has 1 aliphatic rings. The standard InChI is InChI=1S/C22H21N5O2/c28-21(12-29-20-11-4-3-10-19(20)27-13-23-24-14-27)25-18-9-5-7-16-15-6-1-2-8-17(15)26-22(16)18/h1-4,6,8,10-11,13-14,18,26H,5,7,9,12H2,(H,25,28)/t18-/m0/s1. The average Bonchev–Trinajstić information content (AvgIpc) is 3.41. The quantitative estimate of drug-likeness (QED) is 0.550. The summed E-state index contributed by atoms with van der Waals surface area (Å²) < 4.78 is 7.57. The van der Waals surface area contributed by atoms with Crippen molar-refractivity contribution in [2.75, 3.05) is 6.61 Å². The molecule has 7 nitrogen and oxygen atoms in total. The number of aromatic amines is 1. The first-order valence-corrected chi connectivity index (χ1v) is 9.75. The molecule has 0 unspecified atom stereocenters. The van der Waals surface area contributed by atoms with Crippen LogP contribution in [0.1, 0.15) is 30.1 Å². The van der Waals surface area contributed by atoms with E-state index in [1.165, 1.54) is 10.9 Å². The summed E-state index contributed by atoms with van der Waals surface area (Å²) in [5.74, 6) is 0.470. The van der Waals surface area contributed by atoms with Gasteiger partial charge < -0.3 is 15.0 Å². The number of nitrogens with one attached hydrogen (secondary N) is 2. The molecule has 0 saturated carbocycles. The lowest BCUT2D eigenvalue weighted by molar-refractivity contribution is -0.124. The van der Waals surface area contributed by atoms with Crippen molar-refractivity contribution in [3.8, 4) is 11.4 Å². The van der Waals surface area contributed by atoms with E-state index in [1.807, 2.05) is 30.3 Å². The minimum atomic E-state index is -0.139. The van der Waals surface area contributed by atoms with Crippen LogP contribution in [-0.2, 0) is 11.2 Å². The second kappa shape index (κ2) is 7.43. The number of fused-ring (bicyclic) bond motifs is 3. The fourth-order valence-corrected chi connectivity index (χ4v) is 4.06. The molecule has 2 aromatic heterocycles. The first kappa shape index (κ1) is 17.5. The molecule has 5 rings (SSSR count). The number of hydrogen-bond acceptors (Lipinski definition) is 4. The highest BCUT2D eigenvalue weighted by Gasteiger charge is 2.25. The predicted molar refractivity (Wildman–Crippen MR) is 109 cm³/mol. The molecule has 29 heavy (non-hydrogen) atoms. The zero-order chi connectivity index (χ0) is 19.6. The molecule has 0 fully saturated rings. The number of carbonyl (C=O) groups is 1. The molecule has 146 valence electrons. The third-order valence-electron chi connectivity index (χ3n) is 5.37. The first-order chi connectivity index (χ1) is 14.3. The van der Waals surface area contributed by atoms with Crippen molar-refractivity contribution in [2.45, 2.75) is 25.3 Å². The van der Waals surface area contributed by atoms with Crippen molar-refractivity contribution in [1.29, 1.82) is 0 Å². The number of ether oxygens (including phenoxy) is 1. The Bertz CT molecular complexity index is 1150. The molecular weight excluding hydrogens is 366 g/mol. The predicted octanol–water partition coefficient (Wildman–Crippen LogP) is 3.32. The van der Waals surface area contributed by atoms with Gasteiger partial charge in [-0.15, -0.1) is 10.2 Å². The van der Waals surface area contributed by atoms with Crippen molar-refractivity contribution < 1.29 is 9.53 Å². The van der Waals surface area contributed by atoms with E-state index in [1.54, 1.807) is 17.2 Å². The zero-order valence-corrected chi connectivity index (χ0v) is 15.8. The summed E-state index contributed by atoms with van der Waals surface area (Å²) in [4.78, 5) is 16.1. The SMILES string of the molecule is O=C(COc1ccccc1-n1cnnc1)N[C@H]1CCCc2c1[nH]c1ccccc21. The molecule has 0 saturated heterocycles. The molecule has 1 atom stereocenters. The van der Waals surface area contributed by atoms with E-state index >= 15 is 0 Å². The molecule has 1 aliphatic carbocycles. The van der Waals surface area contributed by atoms with Gasteiger partial charge in [-0.3, -0.25) is 9.36 Å². The van der Waals surface area contributed by atoms with Crippen molar-refractivity contribution in [1.82, 2.24) is 25.1 Å². The molecule has 0 aliphatic heterocycles. The molecule has 2 N–H and O–H groups in total. The van der Waals surface area contributed by atoms with Crippen molar-refractivity contribution >= 4 is 16.8 Å². The second-order valence-electron chi connectivity index (χ2n) is 7.20. The van der Waals surface area contributed by atoms with E-state index in [0.29, 0.717) is 5.75 Å². The van der Waals surface area contributed by atoms with E-state index < -0.39 is 0 Å². The number of benzene rings is 2. The van der Waals surface area contributed by atoms with Crippen molar-refractivity contribution in [3.05, 3.63) is 72.4 Å². The lowest BCUT2D eigenvalue weighted by Gasteiger charge is -2.24. The van der Waals surface area contributed by atoms with Gasteiger partial charge in [-0.05, 0) is 43.0 Å². The smallest absolute Gasteiger partial charge is 0.258 e. The lowest BCUT2D eigenvalue weighted by Crippen LogP contribution is -2.34. The molecule has 2 heterocycles. The maximum atomic E-state index is 12.6. The number of aryl methyl sites for hydroxylation is 1. The van der Waals surface area contributed by atoms with Crippen LogP contribution in [0, 0.1) is 0 Å². The Labute approximate surface area is 167 Å². The number of H-pyrrole nitrogens is 1. The largest absolute Gasteiger partial charge is 0.482 e. The molecular formula is C22H21N5O2. The maximum absolute atomic E-state index is 12.6. The van der Waals surface area contributed by atoms with Gasteiger partial charge in [0.05, 0.1) is 11.7 Å². The molecule has 0 bridgehead atoms. The van der Waals surface area contributed by atoms with Gasteiger partial charge in [-0.1, -0.05) is 30.3 Å². The zero-order valence-electron chi connectivity index (χ0n) is 15.8. The molecule has 2 aromatic carbocycles. The van der Waals surface area contributed by atoms with E-state index in [2.05, 4.69) is 38.7 Å². The summed E-state index contributed by atoms with van der Waals surface area (Å²) >= 11 is 0. The van der Waals surface area contributed by atoms with Crippen LogP contribution in [0.4, 0.5) is 0 Å². The van der Waals surface area contributed by atoms with Crippen LogP contribution in [-0.4, -0.2) is 32.3 Å². The van der Waals surface area contributed by atoms with Crippen molar-refractivity contribution in [2.24, 2.45) is 0 Å². The maximum Gasteiger partial charge on any atom is 0.258 e. The Morgan fingerprint density at radius 2 is 1.93 bits per heavy atom. The van der Waals surface area contributed by atoms with Gasteiger partial charge in [0.1, 0.15) is 18.4 Å². The van der Waals surface area contributed by atoms with Crippen LogP contribution in [0.5, 0.6) is 5.75 Å². The number of para-hydroxylation sites is 3. The first-order valence-electron chi connectivity index (χ1n) is 9.75. The molecule has 7 heteroatoms. The van der Waals surface area contributed by atoms with Crippen molar-refractivity contribution in [3.63, 3.8) is 0 Å². The Kier molecular flexibility index (Phi) is 4.48. The highest BCUT2D eigenvalue weighted by molar-refractivity contribution is 5.85. The molecule has 1 amide bonds. The Morgan fingerprint density at radius 1 is 1.14 bits per heavy atom. The number of amides is 1.